The number of carbonyl (C=O) groups excluding carboxylic acids is 1. The Labute approximate surface area is 153 Å². The molecule has 2 N–H and O–H groups in total. The van der Waals surface area contributed by atoms with Gasteiger partial charge in [-0.05, 0) is 41.5 Å². The van der Waals surface area contributed by atoms with E-state index in [1.807, 2.05) is 29.3 Å². The summed E-state index contributed by atoms with van der Waals surface area (Å²) in [4.78, 5) is 22.3. The van der Waals surface area contributed by atoms with E-state index in [9.17, 15) is 4.79 Å². The standard InChI is InChI=1S/C21H24N4O/c1-15-11-20(17-6-4-9-22-13-17)25(14-15)21(26)23-10-8-18-12-16-5-2-3-7-19(16)24-18/h2-7,9,12-13,15,20,24H,8,10-11,14H2,1H3,(H,23,26). The van der Waals surface area contributed by atoms with Gasteiger partial charge in [0.2, 0.25) is 0 Å². The van der Waals surface area contributed by atoms with Gasteiger partial charge in [0.15, 0.2) is 0 Å². The minimum absolute atomic E-state index is 0.0133. The number of aromatic nitrogens is 2. The first-order chi connectivity index (χ1) is 12.7. The quantitative estimate of drug-likeness (QED) is 0.751. The van der Waals surface area contributed by atoms with E-state index in [0.29, 0.717) is 12.5 Å². The van der Waals surface area contributed by atoms with Gasteiger partial charge in [0, 0.05) is 43.1 Å². The molecule has 2 aromatic heterocycles. The van der Waals surface area contributed by atoms with E-state index in [1.54, 1.807) is 6.20 Å². The summed E-state index contributed by atoms with van der Waals surface area (Å²) >= 11 is 0. The molecule has 2 unspecified atom stereocenters. The van der Waals surface area contributed by atoms with E-state index in [2.05, 4.69) is 46.5 Å². The van der Waals surface area contributed by atoms with Crippen molar-refractivity contribution in [2.24, 2.45) is 5.92 Å². The molecule has 1 fully saturated rings. The van der Waals surface area contributed by atoms with Crippen molar-refractivity contribution < 1.29 is 4.79 Å². The second-order valence-electron chi connectivity index (χ2n) is 7.16. The SMILES string of the molecule is CC1CC(c2cccnc2)N(C(=O)NCCc2cc3ccccc3[nH]2)C1. The van der Waals surface area contributed by atoms with Crippen molar-refractivity contribution in [1.29, 1.82) is 0 Å². The second kappa shape index (κ2) is 7.20. The van der Waals surface area contributed by atoms with Crippen molar-refractivity contribution in [2.45, 2.75) is 25.8 Å². The lowest BCUT2D eigenvalue weighted by Gasteiger charge is -2.25. The van der Waals surface area contributed by atoms with E-state index < -0.39 is 0 Å². The number of fused-ring (bicyclic) bond motifs is 1. The maximum absolute atomic E-state index is 12.7. The minimum atomic E-state index is 0.0133. The van der Waals surface area contributed by atoms with Gasteiger partial charge in [0.05, 0.1) is 6.04 Å². The Balaban J connectivity index is 1.37. The average molecular weight is 348 g/mol. The Morgan fingerprint density at radius 2 is 2.19 bits per heavy atom. The number of hydrogen-bond donors (Lipinski definition) is 2. The topological polar surface area (TPSA) is 61.0 Å². The van der Waals surface area contributed by atoms with Crippen molar-refractivity contribution in [3.05, 3.63) is 66.1 Å². The van der Waals surface area contributed by atoms with Crippen LogP contribution in [0.25, 0.3) is 10.9 Å². The molecule has 2 atom stereocenters. The number of nitrogens with one attached hydrogen (secondary N) is 2. The largest absolute Gasteiger partial charge is 0.358 e. The molecule has 3 aromatic rings. The van der Waals surface area contributed by atoms with Crippen LogP contribution in [0.5, 0.6) is 0 Å². The van der Waals surface area contributed by atoms with Crippen LogP contribution in [0.2, 0.25) is 0 Å². The van der Waals surface area contributed by atoms with Crippen molar-refractivity contribution in [3.63, 3.8) is 0 Å². The van der Waals surface area contributed by atoms with Crippen LogP contribution in [0, 0.1) is 5.92 Å². The maximum Gasteiger partial charge on any atom is 0.317 e. The highest BCUT2D eigenvalue weighted by Gasteiger charge is 2.34. The van der Waals surface area contributed by atoms with Gasteiger partial charge in [-0.3, -0.25) is 4.98 Å². The van der Waals surface area contributed by atoms with E-state index in [1.165, 1.54) is 5.39 Å². The molecule has 1 aliphatic rings. The Kier molecular flexibility index (Phi) is 4.61. The second-order valence-corrected chi connectivity index (χ2v) is 7.16. The molecule has 134 valence electrons. The molecule has 5 heteroatoms. The predicted octanol–water partition coefficient (Wildman–Crippen LogP) is 3.90. The number of rotatable bonds is 4. The first kappa shape index (κ1) is 16.6. The first-order valence-electron chi connectivity index (χ1n) is 9.22. The van der Waals surface area contributed by atoms with Crippen molar-refractivity contribution in [1.82, 2.24) is 20.2 Å². The van der Waals surface area contributed by atoms with Gasteiger partial charge in [0.1, 0.15) is 0 Å². The Hall–Kier alpha value is -2.82. The highest BCUT2D eigenvalue weighted by Crippen LogP contribution is 2.34. The van der Waals surface area contributed by atoms with E-state index in [0.717, 1.165) is 36.2 Å². The van der Waals surface area contributed by atoms with Crippen LogP contribution in [-0.4, -0.2) is 34.0 Å². The zero-order chi connectivity index (χ0) is 17.9. The normalized spacial score (nSPS) is 19.8. The number of pyridine rings is 1. The number of carbonyl (C=O) groups is 1. The first-order valence-corrected chi connectivity index (χ1v) is 9.22. The highest BCUT2D eigenvalue weighted by atomic mass is 16.2. The molecule has 4 rings (SSSR count). The lowest BCUT2D eigenvalue weighted by atomic mass is 10.0. The molecule has 0 bridgehead atoms. The number of para-hydroxylation sites is 1. The number of aromatic amines is 1. The Morgan fingerprint density at radius 3 is 3.00 bits per heavy atom. The van der Waals surface area contributed by atoms with E-state index in [4.69, 9.17) is 0 Å². The third-order valence-electron chi connectivity index (χ3n) is 5.10. The van der Waals surface area contributed by atoms with Crippen LogP contribution in [-0.2, 0) is 6.42 Å². The molecule has 1 saturated heterocycles. The summed E-state index contributed by atoms with van der Waals surface area (Å²) in [6.45, 7) is 3.61. The summed E-state index contributed by atoms with van der Waals surface area (Å²) in [5, 5.41) is 4.29. The zero-order valence-corrected chi connectivity index (χ0v) is 15.0. The van der Waals surface area contributed by atoms with Gasteiger partial charge in [-0.2, -0.15) is 0 Å². The predicted molar refractivity (Wildman–Crippen MR) is 103 cm³/mol. The number of benzene rings is 1. The van der Waals surface area contributed by atoms with Crippen molar-refractivity contribution in [3.8, 4) is 0 Å². The summed E-state index contributed by atoms with van der Waals surface area (Å²) in [5.74, 6) is 0.500. The summed E-state index contributed by atoms with van der Waals surface area (Å²) in [6, 6.07) is 14.5. The molecular weight excluding hydrogens is 324 g/mol. The van der Waals surface area contributed by atoms with Crippen LogP contribution >= 0.6 is 0 Å². The van der Waals surface area contributed by atoms with Crippen LogP contribution in [0.1, 0.15) is 30.6 Å². The zero-order valence-electron chi connectivity index (χ0n) is 15.0. The van der Waals surface area contributed by atoms with Gasteiger partial charge in [-0.15, -0.1) is 0 Å². The molecule has 0 saturated carbocycles. The fourth-order valence-corrected chi connectivity index (χ4v) is 3.83. The van der Waals surface area contributed by atoms with Crippen LogP contribution < -0.4 is 5.32 Å². The molecule has 1 aliphatic heterocycles. The molecule has 0 aliphatic carbocycles. The minimum Gasteiger partial charge on any atom is -0.358 e. The van der Waals surface area contributed by atoms with E-state index in [-0.39, 0.29) is 12.1 Å². The Morgan fingerprint density at radius 1 is 1.31 bits per heavy atom. The smallest absolute Gasteiger partial charge is 0.317 e. The summed E-state index contributed by atoms with van der Waals surface area (Å²) in [7, 11) is 0. The number of urea groups is 1. The number of nitrogens with zero attached hydrogens (tertiary/aromatic N) is 2. The lowest BCUT2D eigenvalue weighted by Crippen LogP contribution is -2.40. The van der Waals surface area contributed by atoms with Gasteiger partial charge in [0.25, 0.3) is 0 Å². The van der Waals surface area contributed by atoms with Crippen molar-refractivity contribution >= 4 is 16.9 Å². The molecule has 3 heterocycles. The Bertz CT molecular complexity index is 856. The van der Waals surface area contributed by atoms with Gasteiger partial charge < -0.3 is 15.2 Å². The van der Waals surface area contributed by atoms with Gasteiger partial charge in [-0.1, -0.05) is 31.2 Å². The van der Waals surface area contributed by atoms with E-state index >= 15 is 0 Å². The molecular formula is C21H24N4O. The van der Waals surface area contributed by atoms with Crippen LogP contribution in [0.15, 0.2) is 54.9 Å². The summed E-state index contributed by atoms with van der Waals surface area (Å²) in [5.41, 5.74) is 3.39. The van der Waals surface area contributed by atoms with Gasteiger partial charge in [-0.25, -0.2) is 4.79 Å². The van der Waals surface area contributed by atoms with Crippen molar-refractivity contribution in [2.75, 3.05) is 13.1 Å². The number of H-pyrrole nitrogens is 1. The lowest BCUT2D eigenvalue weighted by molar-refractivity contribution is 0.192. The molecule has 2 amide bonds. The fourth-order valence-electron chi connectivity index (χ4n) is 3.83. The highest BCUT2D eigenvalue weighted by molar-refractivity contribution is 5.80. The van der Waals surface area contributed by atoms with Crippen LogP contribution in [0.4, 0.5) is 4.79 Å². The van der Waals surface area contributed by atoms with Gasteiger partial charge >= 0.3 is 6.03 Å². The monoisotopic (exact) mass is 348 g/mol. The summed E-state index contributed by atoms with van der Waals surface area (Å²) in [6.07, 6.45) is 5.42. The molecule has 26 heavy (non-hydrogen) atoms. The summed E-state index contributed by atoms with van der Waals surface area (Å²) < 4.78 is 0. The number of amides is 2. The number of likely N-dealkylation sites (tertiary alicyclic amines) is 1. The molecule has 1 aromatic carbocycles. The molecule has 0 spiro atoms. The third-order valence-corrected chi connectivity index (χ3v) is 5.10. The third kappa shape index (κ3) is 3.43. The molecule has 0 radical (unpaired) electrons. The fraction of sp³-hybridized carbons (Fsp3) is 0.333. The van der Waals surface area contributed by atoms with Crippen LogP contribution in [0.3, 0.4) is 0 Å². The maximum atomic E-state index is 12.7. The number of hydrogen-bond acceptors (Lipinski definition) is 2. The average Bonchev–Trinajstić information content (AvgIpc) is 3.25. The molecule has 5 nitrogen and oxygen atoms in total.